The van der Waals surface area contributed by atoms with Crippen LogP contribution in [0.5, 0.6) is 0 Å². The third-order valence-electron chi connectivity index (χ3n) is 4.11. The zero-order valence-electron chi connectivity index (χ0n) is 13.2. The van der Waals surface area contributed by atoms with Crippen LogP contribution < -0.4 is 11.1 Å². The third-order valence-corrected chi connectivity index (χ3v) is 4.11. The molecule has 1 fully saturated rings. The quantitative estimate of drug-likeness (QED) is 0.610. The first-order chi connectivity index (χ1) is 9.69. The minimum atomic E-state index is 0.176. The van der Waals surface area contributed by atoms with Crippen molar-refractivity contribution in [2.75, 3.05) is 45.8 Å². The number of carbonyl (C=O) groups is 1. The van der Waals surface area contributed by atoms with E-state index in [1.807, 2.05) is 0 Å². The van der Waals surface area contributed by atoms with Gasteiger partial charge in [-0.05, 0) is 38.8 Å². The number of nitrogens with one attached hydrogen (secondary N) is 1. The molecule has 1 aliphatic heterocycles. The van der Waals surface area contributed by atoms with Gasteiger partial charge in [-0.15, -0.1) is 0 Å². The number of amides is 1. The number of unbranched alkanes of at least 4 members (excludes halogenated alkanes) is 1. The van der Waals surface area contributed by atoms with Gasteiger partial charge < -0.3 is 16.0 Å². The number of hydrogen-bond acceptors (Lipinski definition) is 4. The molecule has 0 aliphatic carbocycles. The van der Waals surface area contributed by atoms with Crippen molar-refractivity contribution in [3.05, 3.63) is 0 Å². The first-order valence-corrected chi connectivity index (χ1v) is 8.13. The van der Waals surface area contributed by atoms with E-state index in [1.165, 1.54) is 6.42 Å². The topological polar surface area (TPSA) is 61.6 Å². The van der Waals surface area contributed by atoms with Crippen LogP contribution in [0.3, 0.4) is 0 Å². The normalized spacial score (nSPS) is 17.6. The Morgan fingerprint density at radius 3 is 2.25 bits per heavy atom. The van der Waals surface area contributed by atoms with Crippen LogP contribution in [0.25, 0.3) is 0 Å². The fourth-order valence-electron chi connectivity index (χ4n) is 2.62. The van der Waals surface area contributed by atoms with Crippen LogP contribution in [0.15, 0.2) is 0 Å². The summed E-state index contributed by atoms with van der Waals surface area (Å²) in [5.74, 6) is 0.176. The van der Waals surface area contributed by atoms with E-state index in [4.69, 9.17) is 5.73 Å². The minimum Gasteiger partial charge on any atom is -0.352 e. The van der Waals surface area contributed by atoms with E-state index >= 15 is 0 Å². The number of hydrogen-bond donors (Lipinski definition) is 2. The summed E-state index contributed by atoms with van der Waals surface area (Å²) in [6.07, 6.45) is 4.32. The van der Waals surface area contributed by atoms with Crippen molar-refractivity contribution < 1.29 is 4.79 Å². The number of nitrogens with zero attached hydrogens (tertiary/aromatic N) is 2. The highest BCUT2D eigenvalue weighted by Crippen LogP contribution is 2.03. The average Bonchev–Trinajstić information content (AvgIpc) is 2.47. The number of piperazine rings is 1. The summed E-state index contributed by atoms with van der Waals surface area (Å²) in [5, 5.41) is 3.11. The maximum atomic E-state index is 12.0. The second-order valence-corrected chi connectivity index (χ2v) is 5.69. The van der Waals surface area contributed by atoms with Crippen LogP contribution in [-0.2, 0) is 4.79 Å². The Kier molecular flexibility index (Phi) is 8.82. The first kappa shape index (κ1) is 17.4. The van der Waals surface area contributed by atoms with Crippen molar-refractivity contribution in [3.63, 3.8) is 0 Å². The van der Waals surface area contributed by atoms with Crippen LogP contribution >= 0.6 is 0 Å². The summed E-state index contributed by atoms with van der Waals surface area (Å²) in [5.41, 5.74) is 5.51. The first-order valence-electron chi connectivity index (χ1n) is 8.13. The number of nitrogens with two attached hydrogens (primary N) is 1. The monoisotopic (exact) mass is 284 g/mol. The lowest BCUT2D eigenvalue weighted by molar-refractivity contribution is -0.123. The van der Waals surface area contributed by atoms with Gasteiger partial charge in [-0.1, -0.05) is 13.8 Å². The van der Waals surface area contributed by atoms with Crippen molar-refractivity contribution >= 4 is 5.91 Å². The van der Waals surface area contributed by atoms with E-state index in [9.17, 15) is 4.79 Å². The third kappa shape index (κ3) is 6.68. The Labute approximate surface area is 123 Å². The molecule has 1 amide bonds. The second kappa shape index (κ2) is 10.1. The molecule has 0 aromatic carbocycles. The molecule has 1 aliphatic rings. The lowest BCUT2D eigenvalue weighted by atomic mass is 10.2. The van der Waals surface area contributed by atoms with Crippen LogP contribution in [-0.4, -0.2) is 67.6 Å². The molecule has 118 valence electrons. The zero-order chi connectivity index (χ0) is 14.8. The molecule has 1 heterocycles. The summed E-state index contributed by atoms with van der Waals surface area (Å²) < 4.78 is 0. The maximum absolute atomic E-state index is 12.0. The Balaban J connectivity index is 2.16. The van der Waals surface area contributed by atoms with Gasteiger partial charge in [0.2, 0.25) is 5.91 Å². The Morgan fingerprint density at radius 2 is 1.70 bits per heavy atom. The average molecular weight is 284 g/mol. The summed E-state index contributed by atoms with van der Waals surface area (Å²) in [7, 11) is 0. The van der Waals surface area contributed by atoms with E-state index in [1.54, 1.807) is 0 Å². The van der Waals surface area contributed by atoms with Crippen molar-refractivity contribution in [1.29, 1.82) is 0 Å². The minimum absolute atomic E-state index is 0.176. The maximum Gasteiger partial charge on any atom is 0.234 e. The van der Waals surface area contributed by atoms with Crippen molar-refractivity contribution in [1.82, 2.24) is 15.1 Å². The van der Waals surface area contributed by atoms with Crippen molar-refractivity contribution in [2.24, 2.45) is 5.73 Å². The van der Waals surface area contributed by atoms with Gasteiger partial charge in [-0.25, -0.2) is 0 Å². The highest BCUT2D eigenvalue weighted by Gasteiger charge is 2.19. The highest BCUT2D eigenvalue weighted by atomic mass is 16.2. The largest absolute Gasteiger partial charge is 0.352 e. The van der Waals surface area contributed by atoms with Crippen LogP contribution in [0.2, 0.25) is 0 Å². The molecule has 1 rings (SSSR count). The lowest BCUT2D eigenvalue weighted by Crippen LogP contribution is -2.50. The van der Waals surface area contributed by atoms with Crippen LogP contribution in [0.4, 0.5) is 0 Å². The Hall–Kier alpha value is -0.650. The summed E-state index contributed by atoms with van der Waals surface area (Å²) in [6, 6.07) is 0.333. The molecule has 0 atom stereocenters. The molecule has 0 bridgehead atoms. The van der Waals surface area contributed by atoms with Gasteiger partial charge in [0.05, 0.1) is 6.54 Å². The van der Waals surface area contributed by atoms with Gasteiger partial charge in [-0.3, -0.25) is 9.69 Å². The molecule has 5 heteroatoms. The predicted octanol–water partition coefficient (Wildman–Crippen LogP) is 0.648. The van der Waals surface area contributed by atoms with E-state index in [0.29, 0.717) is 12.6 Å². The number of carbonyl (C=O) groups excluding carboxylic acids is 1. The van der Waals surface area contributed by atoms with E-state index < -0.39 is 0 Å². The second-order valence-electron chi connectivity index (χ2n) is 5.69. The molecule has 0 radical (unpaired) electrons. The van der Waals surface area contributed by atoms with E-state index in [-0.39, 0.29) is 5.91 Å². The van der Waals surface area contributed by atoms with Gasteiger partial charge >= 0.3 is 0 Å². The lowest BCUT2D eigenvalue weighted by Gasteiger charge is -2.34. The molecule has 20 heavy (non-hydrogen) atoms. The summed E-state index contributed by atoms with van der Waals surface area (Å²) in [4.78, 5) is 16.7. The SMILES string of the molecule is CCC(CC)NC(=O)CN1CCN(CCCCN)CC1. The molecule has 0 saturated carbocycles. The smallest absolute Gasteiger partial charge is 0.234 e. The van der Waals surface area contributed by atoms with Gasteiger partial charge in [0.25, 0.3) is 0 Å². The Morgan fingerprint density at radius 1 is 1.10 bits per heavy atom. The van der Waals surface area contributed by atoms with Crippen molar-refractivity contribution in [3.8, 4) is 0 Å². The molecule has 5 nitrogen and oxygen atoms in total. The molecule has 1 saturated heterocycles. The molecular formula is C15H32N4O. The van der Waals surface area contributed by atoms with E-state index in [2.05, 4.69) is 29.0 Å². The standard InChI is InChI=1S/C15H32N4O/c1-3-14(4-2)17-15(20)13-19-11-9-18(10-12-19)8-6-5-7-16/h14H,3-13,16H2,1-2H3,(H,17,20). The van der Waals surface area contributed by atoms with Crippen molar-refractivity contribution in [2.45, 2.75) is 45.6 Å². The highest BCUT2D eigenvalue weighted by molar-refractivity contribution is 5.78. The van der Waals surface area contributed by atoms with Crippen LogP contribution in [0, 0.1) is 0 Å². The fraction of sp³-hybridized carbons (Fsp3) is 0.933. The fourth-order valence-corrected chi connectivity index (χ4v) is 2.62. The van der Waals surface area contributed by atoms with Gasteiger partial charge in [0, 0.05) is 32.2 Å². The molecule has 0 unspecified atom stereocenters. The summed E-state index contributed by atoms with van der Waals surface area (Å²) in [6.45, 7) is 10.9. The molecule has 0 spiro atoms. The number of rotatable bonds is 9. The molecule has 0 aromatic heterocycles. The summed E-state index contributed by atoms with van der Waals surface area (Å²) >= 11 is 0. The van der Waals surface area contributed by atoms with E-state index in [0.717, 1.165) is 58.5 Å². The van der Waals surface area contributed by atoms with Crippen LogP contribution in [0.1, 0.15) is 39.5 Å². The van der Waals surface area contributed by atoms with Gasteiger partial charge in [0.1, 0.15) is 0 Å². The predicted molar refractivity (Wildman–Crippen MR) is 83.7 cm³/mol. The van der Waals surface area contributed by atoms with Gasteiger partial charge in [-0.2, -0.15) is 0 Å². The Bertz CT molecular complexity index is 261. The molecule has 0 aromatic rings. The molecular weight excluding hydrogens is 252 g/mol. The zero-order valence-corrected chi connectivity index (χ0v) is 13.2. The molecule has 3 N–H and O–H groups in total. The van der Waals surface area contributed by atoms with Gasteiger partial charge in [0.15, 0.2) is 0 Å².